The standard InChI is InChI=1S/C32H43N3O5/c1-6-8-19-33(20-9-7-2)21-10-22-34-28(23-11-15-25(16-12-23)32(3,4)5)27(30(37)31(34)38)29(36)24-13-17-26(18-14-24)35(39)40/h11-18,28,36H,6-10,19-22H2,1-5H3/t28-/m1/s1. The van der Waals surface area contributed by atoms with Crippen molar-refractivity contribution in [3.63, 3.8) is 0 Å². The summed E-state index contributed by atoms with van der Waals surface area (Å²) >= 11 is 0. The van der Waals surface area contributed by atoms with Gasteiger partial charge in [0.2, 0.25) is 0 Å². The van der Waals surface area contributed by atoms with Crippen LogP contribution in [-0.2, 0) is 15.0 Å². The van der Waals surface area contributed by atoms with Gasteiger partial charge in [-0.05, 0) is 67.6 Å². The monoisotopic (exact) mass is 549 g/mol. The molecular formula is C32H43N3O5. The molecule has 0 radical (unpaired) electrons. The average molecular weight is 550 g/mol. The van der Waals surface area contributed by atoms with Gasteiger partial charge in [-0.25, -0.2) is 0 Å². The Bertz CT molecular complexity index is 1200. The van der Waals surface area contributed by atoms with Gasteiger partial charge in [0.25, 0.3) is 17.4 Å². The minimum absolute atomic E-state index is 0.0104. The predicted octanol–water partition coefficient (Wildman–Crippen LogP) is 6.61. The summed E-state index contributed by atoms with van der Waals surface area (Å²) in [6.07, 6.45) is 5.16. The number of rotatable bonds is 13. The van der Waals surface area contributed by atoms with Crippen molar-refractivity contribution in [3.8, 4) is 0 Å². The van der Waals surface area contributed by atoms with Gasteiger partial charge in [0, 0.05) is 24.2 Å². The molecule has 8 heteroatoms. The Morgan fingerprint density at radius 2 is 1.48 bits per heavy atom. The molecule has 216 valence electrons. The molecule has 3 rings (SSSR count). The van der Waals surface area contributed by atoms with E-state index < -0.39 is 22.7 Å². The number of hydrogen-bond donors (Lipinski definition) is 1. The topological polar surface area (TPSA) is 104 Å². The number of amides is 1. The number of nitro groups is 1. The number of hydrogen-bond acceptors (Lipinski definition) is 6. The fourth-order valence-corrected chi connectivity index (χ4v) is 5.08. The molecule has 0 bridgehead atoms. The van der Waals surface area contributed by atoms with E-state index in [1.807, 2.05) is 24.3 Å². The van der Waals surface area contributed by atoms with Gasteiger partial charge in [-0.15, -0.1) is 0 Å². The zero-order valence-electron chi connectivity index (χ0n) is 24.5. The van der Waals surface area contributed by atoms with Crippen molar-refractivity contribution in [2.24, 2.45) is 0 Å². The molecule has 0 saturated carbocycles. The maximum atomic E-state index is 13.4. The Balaban J connectivity index is 1.98. The fraction of sp³-hybridized carbons (Fsp3) is 0.500. The quantitative estimate of drug-likeness (QED) is 0.0992. The van der Waals surface area contributed by atoms with Crippen LogP contribution in [0, 0.1) is 10.1 Å². The second-order valence-corrected chi connectivity index (χ2v) is 11.6. The maximum absolute atomic E-state index is 13.4. The van der Waals surface area contributed by atoms with E-state index in [9.17, 15) is 24.8 Å². The Kier molecular flexibility index (Phi) is 10.6. The largest absolute Gasteiger partial charge is 0.507 e. The van der Waals surface area contributed by atoms with Crippen LogP contribution in [0.2, 0.25) is 0 Å². The van der Waals surface area contributed by atoms with Gasteiger partial charge in [0.05, 0.1) is 16.5 Å². The predicted molar refractivity (Wildman–Crippen MR) is 158 cm³/mol. The molecule has 0 spiro atoms. The van der Waals surface area contributed by atoms with Gasteiger partial charge < -0.3 is 14.9 Å². The summed E-state index contributed by atoms with van der Waals surface area (Å²) in [5.41, 5.74) is 1.93. The van der Waals surface area contributed by atoms with Crippen LogP contribution < -0.4 is 0 Å². The van der Waals surface area contributed by atoms with E-state index in [0.717, 1.165) is 56.4 Å². The molecule has 1 N–H and O–H groups in total. The number of likely N-dealkylation sites (tertiary alicyclic amines) is 1. The van der Waals surface area contributed by atoms with Gasteiger partial charge in [-0.1, -0.05) is 71.7 Å². The van der Waals surface area contributed by atoms with Crippen molar-refractivity contribution in [1.29, 1.82) is 0 Å². The molecule has 0 aliphatic carbocycles. The molecule has 8 nitrogen and oxygen atoms in total. The van der Waals surface area contributed by atoms with Crippen molar-refractivity contribution >= 4 is 23.1 Å². The van der Waals surface area contributed by atoms with Crippen LogP contribution in [0.1, 0.15) is 89.5 Å². The Morgan fingerprint density at radius 1 is 0.925 bits per heavy atom. The zero-order valence-corrected chi connectivity index (χ0v) is 24.5. The first-order valence-corrected chi connectivity index (χ1v) is 14.4. The lowest BCUT2D eigenvalue weighted by molar-refractivity contribution is -0.384. The Labute approximate surface area is 237 Å². The summed E-state index contributed by atoms with van der Waals surface area (Å²) in [7, 11) is 0. The Morgan fingerprint density at radius 3 is 1.98 bits per heavy atom. The SMILES string of the molecule is CCCCN(CCCC)CCCN1C(=O)C(=O)C(=C(O)c2ccc([N+](=O)[O-])cc2)[C@H]1c1ccc(C(C)(C)C)cc1. The van der Waals surface area contributed by atoms with Gasteiger partial charge in [0.1, 0.15) is 5.76 Å². The highest BCUT2D eigenvalue weighted by atomic mass is 16.6. The van der Waals surface area contributed by atoms with Crippen molar-refractivity contribution < 1.29 is 19.6 Å². The number of aliphatic hydroxyl groups is 1. The third-order valence-electron chi connectivity index (χ3n) is 7.51. The van der Waals surface area contributed by atoms with Crippen LogP contribution in [0.15, 0.2) is 54.1 Å². The summed E-state index contributed by atoms with van der Waals surface area (Å²) in [4.78, 5) is 41.3. The van der Waals surface area contributed by atoms with Crippen LogP contribution in [0.3, 0.4) is 0 Å². The molecule has 1 amide bonds. The van der Waals surface area contributed by atoms with E-state index in [0.29, 0.717) is 13.0 Å². The minimum atomic E-state index is -0.746. The number of nitro benzene ring substituents is 1. The number of non-ortho nitro benzene ring substituents is 1. The number of Topliss-reactive ketones (excluding diaryl/α,β-unsaturated/α-hetero) is 1. The molecule has 40 heavy (non-hydrogen) atoms. The van der Waals surface area contributed by atoms with Crippen molar-refractivity contribution in [1.82, 2.24) is 9.80 Å². The van der Waals surface area contributed by atoms with Crippen molar-refractivity contribution in [2.45, 2.75) is 78.2 Å². The molecule has 1 aliphatic heterocycles. The molecule has 1 fully saturated rings. The van der Waals surface area contributed by atoms with Crippen molar-refractivity contribution in [2.75, 3.05) is 26.2 Å². The lowest BCUT2D eigenvalue weighted by atomic mass is 9.85. The first-order valence-electron chi connectivity index (χ1n) is 14.4. The number of nitrogens with zero attached hydrogens (tertiary/aromatic N) is 3. The zero-order chi connectivity index (χ0) is 29.4. The van der Waals surface area contributed by atoms with Crippen LogP contribution in [-0.4, -0.2) is 57.7 Å². The molecule has 1 heterocycles. The lowest BCUT2D eigenvalue weighted by Gasteiger charge is -2.28. The highest BCUT2D eigenvalue weighted by Crippen LogP contribution is 2.40. The Hall–Kier alpha value is -3.52. The van der Waals surface area contributed by atoms with Gasteiger partial charge in [-0.3, -0.25) is 19.7 Å². The van der Waals surface area contributed by atoms with Crippen LogP contribution in [0.4, 0.5) is 5.69 Å². The van der Waals surface area contributed by atoms with E-state index in [-0.39, 0.29) is 28.0 Å². The summed E-state index contributed by atoms with van der Waals surface area (Å²) < 4.78 is 0. The summed E-state index contributed by atoms with van der Waals surface area (Å²) in [6, 6.07) is 12.4. The molecule has 1 saturated heterocycles. The molecule has 1 atom stereocenters. The van der Waals surface area contributed by atoms with E-state index in [2.05, 4.69) is 39.5 Å². The smallest absolute Gasteiger partial charge is 0.295 e. The first-order chi connectivity index (χ1) is 19.0. The summed E-state index contributed by atoms with van der Waals surface area (Å²) in [6.45, 7) is 13.9. The van der Waals surface area contributed by atoms with Crippen LogP contribution in [0.25, 0.3) is 5.76 Å². The average Bonchev–Trinajstić information content (AvgIpc) is 3.18. The van der Waals surface area contributed by atoms with E-state index in [4.69, 9.17) is 0 Å². The summed E-state index contributed by atoms with van der Waals surface area (Å²) in [5, 5.41) is 22.4. The molecule has 2 aromatic rings. The number of carbonyl (C=O) groups excluding carboxylic acids is 2. The number of unbranched alkanes of at least 4 members (excludes halogenated alkanes) is 2. The molecule has 0 aromatic heterocycles. The van der Waals surface area contributed by atoms with E-state index in [1.165, 1.54) is 24.3 Å². The number of carbonyl (C=O) groups is 2. The normalized spacial score (nSPS) is 17.1. The number of aliphatic hydroxyl groups excluding tert-OH is 1. The van der Waals surface area contributed by atoms with E-state index >= 15 is 0 Å². The molecule has 1 aliphatic rings. The van der Waals surface area contributed by atoms with Crippen molar-refractivity contribution in [3.05, 3.63) is 80.9 Å². The second-order valence-electron chi connectivity index (χ2n) is 11.6. The number of ketones is 1. The van der Waals surface area contributed by atoms with Gasteiger partial charge in [0.15, 0.2) is 0 Å². The molecule has 0 unspecified atom stereocenters. The lowest BCUT2D eigenvalue weighted by Crippen LogP contribution is -2.34. The highest BCUT2D eigenvalue weighted by Gasteiger charge is 2.45. The van der Waals surface area contributed by atoms with Crippen LogP contribution >= 0.6 is 0 Å². The maximum Gasteiger partial charge on any atom is 0.295 e. The third-order valence-corrected chi connectivity index (χ3v) is 7.51. The van der Waals surface area contributed by atoms with Gasteiger partial charge >= 0.3 is 0 Å². The molecular weight excluding hydrogens is 506 g/mol. The summed E-state index contributed by atoms with van der Waals surface area (Å²) in [5.74, 6) is -1.70. The minimum Gasteiger partial charge on any atom is -0.507 e. The highest BCUT2D eigenvalue weighted by molar-refractivity contribution is 6.46. The third kappa shape index (κ3) is 7.36. The first kappa shape index (κ1) is 31.0. The van der Waals surface area contributed by atoms with Crippen LogP contribution in [0.5, 0.6) is 0 Å². The van der Waals surface area contributed by atoms with E-state index in [1.54, 1.807) is 4.90 Å². The number of benzene rings is 2. The molecule has 2 aromatic carbocycles. The van der Waals surface area contributed by atoms with Gasteiger partial charge in [-0.2, -0.15) is 0 Å². The fourth-order valence-electron chi connectivity index (χ4n) is 5.08. The second kappa shape index (κ2) is 13.7.